The summed E-state index contributed by atoms with van der Waals surface area (Å²) in [4.78, 5) is 13.1. The Labute approximate surface area is 115 Å². The zero-order valence-corrected chi connectivity index (χ0v) is 11.2. The SMILES string of the molecule is COc1ccc2cc(C(=O)c3ccccc3)sc2c1. The topological polar surface area (TPSA) is 26.3 Å². The van der Waals surface area contributed by atoms with Gasteiger partial charge in [-0.25, -0.2) is 0 Å². The van der Waals surface area contributed by atoms with E-state index in [9.17, 15) is 4.79 Å². The van der Waals surface area contributed by atoms with E-state index >= 15 is 0 Å². The molecule has 0 spiro atoms. The number of methoxy groups -OCH3 is 1. The van der Waals surface area contributed by atoms with Crippen LogP contribution < -0.4 is 4.74 Å². The summed E-state index contributed by atoms with van der Waals surface area (Å²) in [5.41, 5.74) is 0.723. The Morgan fingerprint density at radius 1 is 1.05 bits per heavy atom. The number of ether oxygens (including phenoxy) is 1. The van der Waals surface area contributed by atoms with Gasteiger partial charge in [0.1, 0.15) is 5.75 Å². The molecule has 19 heavy (non-hydrogen) atoms. The van der Waals surface area contributed by atoms with E-state index in [1.165, 1.54) is 11.3 Å². The highest BCUT2D eigenvalue weighted by molar-refractivity contribution is 7.21. The summed E-state index contributed by atoms with van der Waals surface area (Å²) in [6, 6.07) is 17.1. The van der Waals surface area contributed by atoms with E-state index in [0.29, 0.717) is 0 Å². The van der Waals surface area contributed by atoms with E-state index in [1.54, 1.807) is 7.11 Å². The second-order valence-electron chi connectivity index (χ2n) is 4.21. The molecule has 0 atom stereocenters. The lowest BCUT2D eigenvalue weighted by Gasteiger charge is -1.97. The lowest BCUT2D eigenvalue weighted by molar-refractivity contribution is 0.104. The van der Waals surface area contributed by atoms with E-state index < -0.39 is 0 Å². The molecule has 3 heteroatoms. The molecule has 0 radical (unpaired) electrons. The van der Waals surface area contributed by atoms with Gasteiger partial charge in [-0.1, -0.05) is 30.3 Å². The molecule has 0 N–H and O–H groups in total. The molecule has 0 saturated carbocycles. The summed E-state index contributed by atoms with van der Waals surface area (Å²) >= 11 is 1.50. The molecule has 2 aromatic carbocycles. The first-order valence-corrected chi connectivity index (χ1v) is 6.77. The molecular weight excluding hydrogens is 256 g/mol. The van der Waals surface area contributed by atoms with Crippen molar-refractivity contribution < 1.29 is 9.53 Å². The highest BCUT2D eigenvalue weighted by Gasteiger charge is 2.12. The van der Waals surface area contributed by atoms with E-state index in [0.717, 1.165) is 26.3 Å². The van der Waals surface area contributed by atoms with Gasteiger partial charge in [-0.3, -0.25) is 4.79 Å². The third-order valence-electron chi connectivity index (χ3n) is 2.99. The van der Waals surface area contributed by atoms with Crippen molar-refractivity contribution >= 4 is 27.2 Å². The Kier molecular flexibility index (Phi) is 3.05. The average molecular weight is 268 g/mol. The summed E-state index contributed by atoms with van der Waals surface area (Å²) in [6.07, 6.45) is 0. The van der Waals surface area contributed by atoms with Crippen LogP contribution in [0, 0.1) is 0 Å². The van der Waals surface area contributed by atoms with Crippen LogP contribution in [0.25, 0.3) is 10.1 Å². The van der Waals surface area contributed by atoms with Gasteiger partial charge in [0.25, 0.3) is 0 Å². The van der Waals surface area contributed by atoms with E-state index in [2.05, 4.69) is 0 Å². The van der Waals surface area contributed by atoms with Crippen molar-refractivity contribution in [1.82, 2.24) is 0 Å². The molecular formula is C16H12O2S. The van der Waals surface area contributed by atoms with Crippen LogP contribution in [-0.2, 0) is 0 Å². The first kappa shape index (κ1) is 11.9. The molecule has 2 nitrogen and oxygen atoms in total. The Bertz CT molecular complexity index is 729. The number of carbonyl (C=O) groups is 1. The maximum Gasteiger partial charge on any atom is 0.202 e. The monoisotopic (exact) mass is 268 g/mol. The number of fused-ring (bicyclic) bond motifs is 1. The number of ketones is 1. The van der Waals surface area contributed by atoms with Gasteiger partial charge in [-0.15, -0.1) is 11.3 Å². The highest BCUT2D eigenvalue weighted by Crippen LogP contribution is 2.30. The predicted molar refractivity (Wildman–Crippen MR) is 78.3 cm³/mol. The van der Waals surface area contributed by atoms with Gasteiger partial charge in [0.15, 0.2) is 0 Å². The quantitative estimate of drug-likeness (QED) is 0.667. The molecule has 0 bridgehead atoms. The van der Waals surface area contributed by atoms with E-state index in [-0.39, 0.29) is 5.78 Å². The number of thiophene rings is 1. The van der Waals surface area contributed by atoms with Crippen molar-refractivity contribution in [2.24, 2.45) is 0 Å². The molecule has 1 heterocycles. The van der Waals surface area contributed by atoms with Crippen LogP contribution in [0.1, 0.15) is 15.2 Å². The lowest BCUT2D eigenvalue weighted by Crippen LogP contribution is -1.97. The van der Waals surface area contributed by atoms with Crippen LogP contribution in [0.15, 0.2) is 54.6 Å². The molecule has 0 fully saturated rings. The summed E-state index contributed by atoms with van der Waals surface area (Å²) in [5, 5.41) is 1.07. The molecule has 3 aromatic rings. The van der Waals surface area contributed by atoms with Crippen molar-refractivity contribution in [3.8, 4) is 5.75 Å². The van der Waals surface area contributed by atoms with Gasteiger partial charge in [-0.05, 0) is 29.7 Å². The van der Waals surface area contributed by atoms with Crippen LogP contribution >= 0.6 is 11.3 Å². The van der Waals surface area contributed by atoms with Crippen molar-refractivity contribution in [2.45, 2.75) is 0 Å². The highest BCUT2D eigenvalue weighted by atomic mass is 32.1. The van der Waals surface area contributed by atoms with Gasteiger partial charge in [-0.2, -0.15) is 0 Å². The van der Waals surface area contributed by atoms with Crippen LogP contribution in [0.5, 0.6) is 5.75 Å². The number of benzene rings is 2. The van der Waals surface area contributed by atoms with Gasteiger partial charge < -0.3 is 4.74 Å². The molecule has 94 valence electrons. The fourth-order valence-electron chi connectivity index (χ4n) is 1.98. The first-order chi connectivity index (χ1) is 9.28. The van der Waals surface area contributed by atoms with Crippen LogP contribution in [0.3, 0.4) is 0 Å². The first-order valence-electron chi connectivity index (χ1n) is 5.95. The summed E-state index contributed by atoms with van der Waals surface area (Å²) in [6.45, 7) is 0. The summed E-state index contributed by atoms with van der Waals surface area (Å²) in [7, 11) is 1.64. The van der Waals surface area contributed by atoms with Crippen molar-refractivity contribution in [1.29, 1.82) is 0 Å². The summed E-state index contributed by atoms with van der Waals surface area (Å²) in [5.74, 6) is 0.883. The van der Waals surface area contributed by atoms with Crippen LogP contribution in [0.2, 0.25) is 0 Å². The molecule has 0 aliphatic rings. The second kappa shape index (κ2) is 4.86. The van der Waals surface area contributed by atoms with Crippen molar-refractivity contribution in [3.05, 3.63) is 65.0 Å². The fourth-order valence-corrected chi connectivity index (χ4v) is 3.04. The maximum absolute atomic E-state index is 12.3. The van der Waals surface area contributed by atoms with Gasteiger partial charge in [0.2, 0.25) is 5.78 Å². The average Bonchev–Trinajstić information content (AvgIpc) is 2.90. The minimum absolute atomic E-state index is 0.0702. The third kappa shape index (κ3) is 2.25. The maximum atomic E-state index is 12.3. The smallest absolute Gasteiger partial charge is 0.202 e. The fraction of sp³-hybridized carbons (Fsp3) is 0.0625. The predicted octanol–water partition coefficient (Wildman–Crippen LogP) is 4.14. The zero-order chi connectivity index (χ0) is 13.2. The normalized spacial score (nSPS) is 10.6. The van der Waals surface area contributed by atoms with Gasteiger partial charge >= 0.3 is 0 Å². The third-order valence-corrected chi connectivity index (χ3v) is 4.08. The number of hydrogen-bond donors (Lipinski definition) is 0. The Morgan fingerprint density at radius 2 is 1.84 bits per heavy atom. The number of rotatable bonds is 3. The molecule has 0 saturated heterocycles. The Hall–Kier alpha value is -2.13. The number of carbonyl (C=O) groups excluding carboxylic acids is 1. The Balaban J connectivity index is 2.04. The minimum atomic E-state index is 0.0702. The minimum Gasteiger partial charge on any atom is -0.497 e. The molecule has 0 amide bonds. The van der Waals surface area contributed by atoms with Crippen LogP contribution in [-0.4, -0.2) is 12.9 Å². The molecule has 0 aliphatic carbocycles. The second-order valence-corrected chi connectivity index (χ2v) is 5.29. The van der Waals surface area contributed by atoms with Gasteiger partial charge in [0.05, 0.1) is 12.0 Å². The lowest BCUT2D eigenvalue weighted by atomic mass is 10.1. The largest absolute Gasteiger partial charge is 0.497 e. The van der Waals surface area contributed by atoms with Crippen LogP contribution in [0.4, 0.5) is 0 Å². The standard InChI is InChI=1S/C16H12O2S/c1-18-13-8-7-12-9-15(19-14(12)10-13)16(17)11-5-3-2-4-6-11/h2-10H,1H3. The summed E-state index contributed by atoms with van der Waals surface area (Å²) < 4.78 is 6.27. The molecule has 3 rings (SSSR count). The molecule has 0 aliphatic heterocycles. The van der Waals surface area contributed by atoms with E-state index in [4.69, 9.17) is 4.74 Å². The van der Waals surface area contributed by atoms with Gasteiger partial charge in [0, 0.05) is 10.3 Å². The van der Waals surface area contributed by atoms with E-state index in [1.807, 2.05) is 54.6 Å². The van der Waals surface area contributed by atoms with Crippen molar-refractivity contribution in [2.75, 3.05) is 7.11 Å². The Morgan fingerprint density at radius 3 is 2.58 bits per heavy atom. The molecule has 1 aromatic heterocycles. The molecule has 0 unspecified atom stereocenters. The number of hydrogen-bond acceptors (Lipinski definition) is 3. The zero-order valence-electron chi connectivity index (χ0n) is 10.4. The van der Waals surface area contributed by atoms with Crippen molar-refractivity contribution in [3.63, 3.8) is 0 Å².